The molecule has 0 saturated carbocycles. The molecule has 112 valence electrons. The maximum atomic E-state index is 9.93. The highest BCUT2D eigenvalue weighted by atomic mass is 16.5. The van der Waals surface area contributed by atoms with Crippen molar-refractivity contribution >= 4 is 0 Å². The molecule has 0 bridgehead atoms. The van der Waals surface area contributed by atoms with Crippen molar-refractivity contribution in [1.29, 1.82) is 0 Å². The molecule has 1 aliphatic carbocycles. The summed E-state index contributed by atoms with van der Waals surface area (Å²) in [5, 5.41) is 14.1. The number of aliphatic hydroxyl groups is 1. The van der Waals surface area contributed by atoms with Gasteiger partial charge in [0.05, 0.1) is 5.60 Å². The Kier molecular flexibility index (Phi) is 3.72. The minimum atomic E-state index is -0.830. The molecule has 1 heterocycles. The van der Waals surface area contributed by atoms with Gasteiger partial charge in [0, 0.05) is 12.0 Å². The van der Waals surface area contributed by atoms with Gasteiger partial charge in [-0.15, -0.1) is 0 Å². The lowest BCUT2D eigenvalue weighted by Gasteiger charge is -2.18. The Morgan fingerprint density at radius 2 is 1.90 bits per heavy atom. The van der Waals surface area contributed by atoms with Crippen molar-refractivity contribution < 1.29 is 14.4 Å². The predicted octanol–water partition coefficient (Wildman–Crippen LogP) is 3.36. The summed E-state index contributed by atoms with van der Waals surface area (Å²) in [7, 11) is 0. The van der Waals surface area contributed by atoms with Crippen LogP contribution in [0.1, 0.15) is 49.3 Å². The van der Waals surface area contributed by atoms with E-state index in [1.807, 2.05) is 24.3 Å². The molecular weight excluding hydrogens is 266 g/mol. The van der Waals surface area contributed by atoms with Gasteiger partial charge in [-0.3, -0.25) is 0 Å². The van der Waals surface area contributed by atoms with Gasteiger partial charge in [-0.1, -0.05) is 17.3 Å². The van der Waals surface area contributed by atoms with Crippen molar-refractivity contribution in [3.8, 4) is 5.75 Å². The zero-order valence-corrected chi connectivity index (χ0v) is 12.6. The van der Waals surface area contributed by atoms with E-state index in [-0.39, 0.29) is 0 Å². The van der Waals surface area contributed by atoms with E-state index in [4.69, 9.17) is 9.26 Å². The monoisotopic (exact) mass is 287 g/mol. The molecule has 4 nitrogen and oxygen atoms in total. The van der Waals surface area contributed by atoms with Crippen LogP contribution >= 0.6 is 0 Å². The van der Waals surface area contributed by atoms with Gasteiger partial charge < -0.3 is 14.4 Å². The Morgan fingerprint density at radius 1 is 1.19 bits per heavy atom. The Hall–Kier alpha value is -1.81. The number of rotatable bonds is 4. The summed E-state index contributed by atoms with van der Waals surface area (Å²) < 4.78 is 11.2. The third-order valence-corrected chi connectivity index (χ3v) is 3.97. The van der Waals surface area contributed by atoms with Crippen LogP contribution in [0.25, 0.3) is 0 Å². The quantitative estimate of drug-likeness (QED) is 0.936. The van der Waals surface area contributed by atoms with Gasteiger partial charge in [0.1, 0.15) is 23.8 Å². The summed E-state index contributed by atoms with van der Waals surface area (Å²) >= 11 is 0. The Bertz CT molecular complexity index is 608. The van der Waals surface area contributed by atoms with Gasteiger partial charge in [-0.05, 0) is 50.8 Å². The Labute approximate surface area is 124 Å². The topological polar surface area (TPSA) is 55.5 Å². The summed E-state index contributed by atoms with van der Waals surface area (Å²) in [6.45, 7) is 3.97. The smallest absolute Gasteiger partial charge is 0.140 e. The number of aromatic nitrogens is 1. The number of benzene rings is 1. The molecule has 0 spiro atoms. The van der Waals surface area contributed by atoms with Gasteiger partial charge in [-0.2, -0.15) is 0 Å². The zero-order chi connectivity index (χ0) is 14.9. The van der Waals surface area contributed by atoms with E-state index in [1.54, 1.807) is 13.8 Å². The second kappa shape index (κ2) is 5.53. The number of ether oxygens (including phenoxy) is 1. The molecule has 1 aromatic heterocycles. The molecule has 21 heavy (non-hydrogen) atoms. The predicted molar refractivity (Wildman–Crippen MR) is 79.2 cm³/mol. The third-order valence-electron chi connectivity index (χ3n) is 3.97. The summed E-state index contributed by atoms with van der Waals surface area (Å²) in [6.07, 6.45) is 4.40. The fraction of sp³-hybridized carbons (Fsp3) is 0.471. The highest BCUT2D eigenvalue weighted by Crippen LogP contribution is 2.26. The molecule has 1 N–H and O–H groups in total. The summed E-state index contributed by atoms with van der Waals surface area (Å²) in [6, 6.07) is 7.51. The van der Waals surface area contributed by atoms with Crippen LogP contribution in [0.15, 0.2) is 28.8 Å². The third kappa shape index (κ3) is 3.10. The first kappa shape index (κ1) is 14.1. The average Bonchev–Trinajstić information content (AvgIpc) is 2.88. The second-order valence-corrected chi connectivity index (χ2v) is 6.11. The minimum absolute atomic E-state index is 0.431. The lowest BCUT2D eigenvalue weighted by atomic mass is 9.97. The molecule has 0 atom stereocenters. The van der Waals surface area contributed by atoms with Crippen LogP contribution in [0.4, 0.5) is 0 Å². The fourth-order valence-electron chi connectivity index (χ4n) is 2.67. The van der Waals surface area contributed by atoms with Crippen LogP contribution in [0.2, 0.25) is 0 Å². The number of nitrogens with zero attached hydrogens (tertiary/aromatic N) is 1. The number of hydrogen-bond donors (Lipinski definition) is 1. The molecule has 0 fully saturated rings. The van der Waals surface area contributed by atoms with Crippen LogP contribution in [-0.2, 0) is 25.0 Å². The number of fused-ring (bicyclic) bond motifs is 1. The van der Waals surface area contributed by atoms with Crippen LogP contribution in [0.3, 0.4) is 0 Å². The van der Waals surface area contributed by atoms with Gasteiger partial charge in [-0.25, -0.2) is 0 Å². The number of aryl methyl sites for hydroxylation is 1. The molecule has 0 amide bonds. The first-order chi connectivity index (χ1) is 10.0. The SMILES string of the molecule is CC(C)(O)c1ccc(OCc2noc3c2CCCC3)cc1. The molecule has 2 aromatic rings. The Morgan fingerprint density at radius 3 is 2.62 bits per heavy atom. The van der Waals surface area contributed by atoms with E-state index in [1.165, 1.54) is 18.4 Å². The molecule has 3 rings (SSSR count). The summed E-state index contributed by atoms with van der Waals surface area (Å²) in [5.41, 5.74) is 2.18. The van der Waals surface area contributed by atoms with Crippen molar-refractivity contribution in [1.82, 2.24) is 5.16 Å². The molecule has 0 unspecified atom stereocenters. The first-order valence-electron chi connectivity index (χ1n) is 7.46. The molecular formula is C17H21NO3. The van der Waals surface area contributed by atoms with E-state index in [9.17, 15) is 5.11 Å². The molecule has 1 aromatic carbocycles. The van der Waals surface area contributed by atoms with E-state index in [0.29, 0.717) is 6.61 Å². The summed E-state index contributed by atoms with van der Waals surface area (Å²) in [5.74, 6) is 1.80. The van der Waals surface area contributed by atoms with Crippen molar-refractivity contribution in [3.05, 3.63) is 46.8 Å². The molecule has 4 heteroatoms. The van der Waals surface area contributed by atoms with E-state index < -0.39 is 5.60 Å². The van der Waals surface area contributed by atoms with Crippen molar-refractivity contribution in [2.24, 2.45) is 0 Å². The molecule has 0 saturated heterocycles. The van der Waals surface area contributed by atoms with E-state index in [0.717, 1.165) is 35.6 Å². The average molecular weight is 287 g/mol. The van der Waals surface area contributed by atoms with Gasteiger partial charge >= 0.3 is 0 Å². The molecule has 1 aliphatic rings. The van der Waals surface area contributed by atoms with E-state index >= 15 is 0 Å². The van der Waals surface area contributed by atoms with Gasteiger partial charge in [0.2, 0.25) is 0 Å². The van der Waals surface area contributed by atoms with E-state index in [2.05, 4.69) is 5.16 Å². The maximum absolute atomic E-state index is 9.93. The normalized spacial score (nSPS) is 14.8. The van der Waals surface area contributed by atoms with Crippen LogP contribution < -0.4 is 4.74 Å². The molecule has 0 radical (unpaired) electrons. The summed E-state index contributed by atoms with van der Waals surface area (Å²) in [4.78, 5) is 0. The first-order valence-corrected chi connectivity index (χ1v) is 7.46. The number of hydrogen-bond acceptors (Lipinski definition) is 4. The lowest BCUT2D eigenvalue weighted by Crippen LogP contribution is -2.15. The van der Waals surface area contributed by atoms with Crippen molar-refractivity contribution in [2.45, 2.75) is 51.7 Å². The van der Waals surface area contributed by atoms with Crippen LogP contribution in [-0.4, -0.2) is 10.3 Å². The highest BCUT2D eigenvalue weighted by molar-refractivity contribution is 5.31. The van der Waals surface area contributed by atoms with Crippen LogP contribution in [0.5, 0.6) is 5.75 Å². The zero-order valence-electron chi connectivity index (χ0n) is 12.6. The van der Waals surface area contributed by atoms with Gasteiger partial charge in [0.25, 0.3) is 0 Å². The fourth-order valence-corrected chi connectivity index (χ4v) is 2.67. The van der Waals surface area contributed by atoms with Crippen molar-refractivity contribution in [2.75, 3.05) is 0 Å². The highest BCUT2D eigenvalue weighted by Gasteiger charge is 2.20. The maximum Gasteiger partial charge on any atom is 0.140 e. The Balaban J connectivity index is 1.66. The minimum Gasteiger partial charge on any atom is -0.487 e. The largest absolute Gasteiger partial charge is 0.487 e. The second-order valence-electron chi connectivity index (χ2n) is 6.11. The van der Waals surface area contributed by atoms with Crippen molar-refractivity contribution in [3.63, 3.8) is 0 Å². The standard InChI is InChI=1S/C17H21NO3/c1-17(2,19)12-7-9-13(10-8-12)20-11-15-14-5-3-4-6-16(14)21-18-15/h7-10,19H,3-6,11H2,1-2H3. The van der Waals surface area contributed by atoms with Crippen LogP contribution in [0, 0.1) is 0 Å². The molecule has 0 aliphatic heterocycles. The lowest BCUT2D eigenvalue weighted by molar-refractivity contribution is 0.0785. The van der Waals surface area contributed by atoms with Gasteiger partial charge in [0.15, 0.2) is 0 Å².